The van der Waals surface area contributed by atoms with E-state index in [-0.39, 0.29) is 18.3 Å². The van der Waals surface area contributed by atoms with Gasteiger partial charge in [0.1, 0.15) is 5.75 Å². The number of hydrogen-bond acceptors (Lipinski definition) is 4. The second kappa shape index (κ2) is 8.72. The maximum absolute atomic E-state index is 12.7. The summed E-state index contributed by atoms with van der Waals surface area (Å²) in [6, 6.07) is 5.52. The number of methoxy groups -OCH3 is 2. The van der Waals surface area contributed by atoms with Crippen LogP contribution in [0.3, 0.4) is 0 Å². The van der Waals surface area contributed by atoms with Gasteiger partial charge < -0.3 is 20.1 Å². The number of hydrogen-bond donors (Lipinski definition) is 2. The minimum Gasteiger partial charge on any atom is -0.495 e. The first kappa shape index (κ1) is 19.2. The van der Waals surface area contributed by atoms with Crippen LogP contribution in [0, 0.1) is 5.41 Å². The van der Waals surface area contributed by atoms with Crippen LogP contribution in [-0.4, -0.2) is 39.8 Å². The van der Waals surface area contributed by atoms with Crippen LogP contribution in [-0.2, 0) is 9.53 Å². The van der Waals surface area contributed by atoms with E-state index in [4.69, 9.17) is 9.47 Å². The lowest BCUT2D eigenvalue weighted by molar-refractivity contribution is -0.130. The summed E-state index contributed by atoms with van der Waals surface area (Å²) in [6.45, 7) is 2.11. The van der Waals surface area contributed by atoms with Crippen LogP contribution in [0.25, 0.3) is 0 Å². The third kappa shape index (κ3) is 4.35. The molecule has 5 nitrogen and oxygen atoms in total. The standard InChI is InChI=1S/C15H21BrN2O3.ClH/c1-20-10-15(5-7-17-8-6-15)14(19)18-11-3-4-12(16)13(9-11)21-2;/h3-4,9,17H,5-8,10H2,1-2H3,(H,18,19);1H. The molecule has 0 unspecified atom stereocenters. The van der Waals surface area contributed by atoms with E-state index in [0.717, 1.165) is 36.1 Å². The molecule has 0 saturated carbocycles. The van der Waals surface area contributed by atoms with E-state index in [1.54, 1.807) is 14.2 Å². The summed E-state index contributed by atoms with van der Waals surface area (Å²) < 4.78 is 11.4. The highest BCUT2D eigenvalue weighted by molar-refractivity contribution is 9.10. The monoisotopic (exact) mass is 392 g/mol. The average Bonchev–Trinajstić information content (AvgIpc) is 2.50. The highest BCUT2D eigenvalue weighted by atomic mass is 79.9. The molecule has 0 aliphatic carbocycles. The maximum atomic E-state index is 12.7. The fourth-order valence-corrected chi connectivity index (χ4v) is 3.03. The number of amides is 1. The molecular weight excluding hydrogens is 372 g/mol. The zero-order chi connectivity index (χ0) is 15.3. The SMILES string of the molecule is COCC1(C(=O)Nc2ccc(Br)c(OC)c2)CCNCC1.Cl. The lowest BCUT2D eigenvalue weighted by atomic mass is 9.78. The average molecular weight is 394 g/mol. The minimum atomic E-state index is -0.458. The lowest BCUT2D eigenvalue weighted by Crippen LogP contribution is -2.47. The Bertz CT molecular complexity index is 502. The van der Waals surface area contributed by atoms with E-state index >= 15 is 0 Å². The topological polar surface area (TPSA) is 59.6 Å². The molecule has 1 heterocycles. The number of carbonyl (C=O) groups is 1. The van der Waals surface area contributed by atoms with Crippen molar-refractivity contribution in [3.63, 3.8) is 0 Å². The van der Waals surface area contributed by atoms with Gasteiger partial charge in [0.15, 0.2) is 0 Å². The van der Waals surface area contributed by atoms with E-state index in [9.17, 15) is 4.79 Å². The summed E-state index contributed by atoms with van der Waals surface area (Å²) in [7, 11) is 3.24. The number of anilines is 1. The van der Waals surface area contributed by atoms with Crippen molar-refractivity contribution in [2.75, 3.05) is 39.2 Å². The van der Waals surface area contributed by atoms with Crippen LogP contribution >= 0.6 is 28.3 Å². The Morgan fingerprint density at radius 3 is 2.64 bits per heavy atom. The van der Waals surface area contributed by atoms with Crippen molar-refractivity contribution in [1.29, 1.82) is 0 Å². The molecule has 1 aromatic rings. The number of nitrogens with one attached hydrogen (secondary N) is 2. The zero-order valence-electron chi connectivity index (χ0n) is 12.8. The van der Waals surface area contributed by atoms with Crippen molar-refractivity contribution >= 4 is 39.9 Å². The Morgan fingerprint density at radius 1 is 1.36 bits per heavy atom. The Morgan fingerprint density at radius 2 is 2.05 bits per heavy atom. The first-order chi connectivity index (χ1) is 10.1. The van der Waals surface area contributed by atoms with Gasteiger partial charge in [0, 0.05) is 18.9 Å². The van der Waals surface area contributed by atoms with Crippen molar-refractivity contribution in [2.45, 2.75) is 12.8 Å². The lowest BCUT2D eigenvalue weighted by Gasteiger charge is -2.35. The number of carbonyl (C=O) groups excluding carboxylic acids is 1. The number of rotatable bonds is 5. The Kier molecular flexibility index (Phi) is 7.62. The Labute approximate surface area is 145 Å². The van der Waals surface area contributed by atoms with Crippen molar-refractivity contribution in [1.82, 2.24) is 5.32 Å². The molecular formula is C15H22BrClN2O3. The molecule has 1 fully saturated rings. The molecule has 2 N–H and O–H groups in total. The normalized spacial score (nSPS) is 16.5. The van der Waals surface area contributed by atoms with Gasteiger partial charge in [-0.1, -0.05) is 0 Å². The Balaban J connectivity index is 0.00000242. The molecule has 22 heavy (non-hydrogen) atoms. The van der Waals surface area contributed by atoms with E-state index in [1.807, 2.05) is 18.2 Å². The molecule has 1 saturated heterocycles. The van der Waals surface area contributed by atoms with Crippen molar-refractivity contribution in [2.24, 2.45) is 5.41 Å². The molecule has 2 rings (SSSR count). The fourth-order valence-electron chi connectivity index (χ4n) is 2.62. The van der Waals surface area contributed by atoms with E-state index in [1.165, 1.54) is 0 Å². The van der Waals surface area contributed by atoms with Crippen molar-refractivity contribution < 1.29 is 14.3 Å². The highest BCUT2D eigenvalue weighted by Gasteiger charge is 2.39. The van der Waals surface area contributed by atoms with E-state index < -0.39 is 5.41 Å². The molecule has 0 atom stereocenters. The second-order valence-electron chi connectivity index (χ2n) is 5.27. The van der Waals surface area contributed by atoms with Gasteiger partial charge in [-0.15, -0.1) is 12.4 Å². The van der Waals surface area contributed by atoms with Crippen molar-refractivity contribution in [3.05, 3.63) is 22.7 Å². The van der Waals surface area contributed by atoms with Gasteiger partial charge in [-0.2, -0.15) is 0 Å². The number of halogens is 2. The third-order valence-corrected chi connectivity index (χ3v) is 4.53. The van der Waals surface area contributed by atoms with Gasteiger partial charge in [0.05, 0.1) is 23.6 Å². The zero-order valence-corrected chi connectivity index (χ0v) is 15.2. The number of ether oxygens (including phenoxy) is 2. The highest BCUT2D eigenvalue weighted by Crippen LogP contribution is 2.32. The summed E-state index contributed by atoms with van der Waals surface area (Å²) in [4.78, 5) is 12.7. The van der Waals surface area contributed by atoms with Gasteiger partial charge in [0.25, 0.3) is 0 Å². The van der Waals surface area contributed by atoms with Crippen LogP contribution in [0.4, 0.5) is 5.69 Å². The third-order valence-electron chi connectivity index (χ3n) is 3.87. The first-order valence-corrected chi connectivity index (χ1v) is 7.75. The van der Waals surface area contributed by atoms with E-state index in [0.29, 0.717) is 12.4 Å². The second-order valence-corrected chi connectivity index (χ2v) is 6.12. The molecule has 0 bridgehead atoms. The summed E-state index contributed by atoms with van der Waals surface area (Å²) in [5, 5.41) is 6.27. The van der Waals surface area contributed by atoms with Gasteiger partial charge in [-0.25, -0.2) is 0 Å². The van der Waals surface area contributed by atoms with Gasteiger partial charge in [-0.05, 0) is 54.0 Å². The molecule has 1 amide bonds. The predicted molar refractivity (Wildman–Crippen MR) is 93.0 cm³/mol. The summed E-state index contributed by atoms with van der Waals surface area (Å²) in [5.41, 5.74) is 0.273. The van der Waals surface area contributed by atoms with Gasteiger partial charge >= 0.3 is 0 Å². The predicted octanol–water partition coefficient (Wildman–Crippen LogP) is 2.83. The summed E-state index contributed by atoms with van der Waals surface area (Å²) in [5.74, 6) is 0.703. The van der Waals surface area contributed by atoms with Crippen LogP contribution in [0.2, 0.25) is 0 Å². The number of piperidine rings is 1. The first-order valence-electron chi connectivity index (χ1n) is 6.96. The fraction of sp³-hybridized carbons (Fsp3) is 0.533. The molecule has 124 valence electrons. The quantitative estimate of drug-likeness (QED) is 0.807. The van der Waals surface area contributed by atoms with Gasteiger partial charge in [0.2, 0.25) is 5.91 Å². The largest absolute Gasteiger partial charge is 0.495 e. The van der Waals surface area contributed by atoms with Crippen molar-refractivity contribution in [3.8, 4) is 5.75 Å². The molecule has 1 aliphatic heterocycles. The smallest absolute Gasteiger partial charge is 0.233 e. The molecule has 1 aliphatic rings. The molecule has 7 heteroatoms. The van der Waals surface area contributed by atoms with Crippen LogP contribution in [0.5, 0.6) is 5.75 Å². The molecule has 0 spiro atoms. The summed E-state index contributed by atoms with van der Waals surface area (Å²) in [6.07, 6.45) is 1.56. The van der Waals surface area contributed by atoms with Gasteiger partial charge in [-0.3, -0.25) is 4.79 Å². The van der Waals surface area contributed by atoms with Crippen LogP contribution in [0.15, 0.2) is 22.7 Å². The van der Waals surface area contributed by atoms with Crippen LogP contribution in [0.1, 0.15) is 12.8 Å². The Hall–Kier alpha value is -0.820. The maximum Gasteiger partial charge on any atom is 0.233 e. The summed E-state index contributed by atoms with van der Waals surface area (Å²) >= 11 is 3.40. The molecule has 1 aromatic carbocycles. The molecule has 0 aromatic heterocycles. The minimum absolute atomic E-state index is 0. The van der Waals surface area contributed by atoms with E-state index in [2.05, 4.69) is 26.6 Å². The number of benzene rings is 1. The molecule has 0 radical (unpaired) electrons. The van der Waals surface area contributed by atoms with Crippen LogP contribution < -0.4 is 15.4 Å².